The normalized spacial score (nSPS) is 12.1. The first kappa shape index (κ1) is 31.3. The Balaban J connectivity index is 2.10. The maximum absolute atomic E-state index is 14.1. The Labute approximate surface area is 245 Å². The Hall–Kier alpha value is -3.27. The molecule has 0 aliphatic carbocycles. The van der Waals surface area contributed by atoms with Crippen LogP contribution in [0.15, 0.2) is 72.8 Å². The van der Waals surface area contributed by atoms with Gasteiger partial charge < -0.3 is 15.0 Å². The zero-order valence-electron chi connectivity index (χ0n) is 22.8. The van der Waals surface area contributed by atoms with Crippen LogP contribution in [0.2, 0.25) is 10.0 Å². The molecule has 0 spiro atoms. The third kappa shape index (κ3) is 8.61. The Bertz CT molecular complexity index is 1430. The van der Waals surface area contributed by atoms with Gasteiger partial charge in [-0.25, -0.2) is 8.42 Å². The highest BCUT2D eigenvalue weighted by Gasteiger charge is 2.34. The quantitative estimate of drug-likeness (QED) is 0.316. The van der Waals surface area contributed by atoms with Crippen molar-refractivity contribution in [1.82, 2.24) is 10.2 Å². The number of sulfonamides is 1. The van der Waals surface area contributed by atoms with Crippen molar-refractivity contribution in [2.24, 2.45) is 0 Å². The molecule has 0 saturated carbocycles. The molecule has 2 amide bonds. The Kier molecular flexibility index (Phi) is 10.8. The van der Waals surface area contributed by atoms with Crippen molar-refractivity contribution in [2.75, 3.05) is 24.2 Å². The van der Waals surface area contributed by atoms with Crippen molar-refractivity contribution < 1.29 is 22.7 Å². The number of hydrogen-bond acceptors (Lipinski definition) is 5. The summed E-state index contributed by atoms with van der Waals surface area (Å²) in [5.41, 5.74) is 1.63. The van der Waals surface area contributed by atoms with Crippen LogP contribution in [0.4, 0.5) is 5.69 Å². The van der Waals surface area contributed by atoms with E-state index >= 15 is 0 Å². The largest absolute Gasteiger partial charge is 0.495 e. The van der Waals surface area contributed by atoms with Crippen molar-refractivity contribution in [1.29, 1.82) is 0 Å². The molecule has 0 heterocycles. The highest BCUT2D eigenvalue weighted by molar-refractivity contribution is 7.92. The first-order chi connectivity index (χ1) is 18.9. The number of anilines is 1. The minimum atomic E-state index is -3.97. The van der Waals surface area contributed by atoms with Crippen molar-refractivity contribution in [3.63, 3.8) is 0 Å². The fourth-order valence-corrected chi connectivity index (χ4v) is 5.44. The summed E-state index contributed by atoms with van der Waals surface area (Å²) in [5.74, 6) is -0.727. The van der Waals surface area contributed by atoms with Gasteiger partial charge in [0.25, 0.3) is 0 Å². The molecule has 1 N–H and O–H groups in total. The molecule has 214 valence electrons. The fourth-order valence-electron chi connectivity index (χ4n) is 4.22. The summed E-state index contributed by atoms with van der Waals surface area (Å²) >= 11 is 12.4. The van der Waals surface area contributed by atoms with E-state index in [4.69, 9.17) is 27.9 Å². The number of hydrogen-bond donors (Lipinski definition) is 1. The number of ether oxygens (including phenoxy) is 1. The highest BCUT2D eigenvalue weighted by atomic mass is 35.5. The molecule has 0 aliphatic heterocycles. The average Bonchev–Trinajstić information content (AvgIpc) is 2.88. The van der Waals surface area contributed by atoms with Crippen LogP contribution in [0.1, 0.15) is 25.0 Å². The van der Waals surface area contributed by atoms with Gasteiger partial charge in [0, 0.05) is 29.1 Å². The van der Waals surface area contributed by atoms with E-state index < -0.39 is 28.5 Å². The summed E-state index contributed by atoms with van der Waals surface area (Å²) in [5, 5.41) is 3.65. The number of rotatable bonds is 12. The summed E-state index contributed by atoms with van der Waals surface area (Å²) in [6.07, 6.45) is 1.21. The lowest BCUT2D eigenvalue weighted by atomic mass is 10.0. The number of carbonyl (C=O) groups is 2. The topological polar surface area (TPSA) is 96.0 Å². The molecule has 0 unspecified atom stereocenters. The molecule has 0 aromatic heterocycles. The fraction of sp³-hybridized carbons (Fsp3) is 0.310. The summed E-state index contributed by atoms with van der Waals surface area (Å²) in [7, 11) is -2.58. The molecule has 0 aliphatic rings. The summed E-state index contributed by atoms with van der Waals surface area (Å²) < 4.78 is 32.2. The van der Waals surface area contributed by atoms with Gasteiger partial charge >= 0.3 is 0 Å². The van der Waals surface area contributed by atoms with E-state index in [0.717, 1.165) is 16.1 Å². The molecule has 0 saturated heterocycles. The number of nitrogens with zero attached hydrogens (tertiary/aromatic N) is 2. The zero-order chi connectivity index (χ0) is 29.4. The smallest absolute Gasteiger partial charge is 0.244 e. The standard InChI is InChI=1S/C29H33Cl2N3O5S/c1-20(2)32-29(36)26(16-21-9-6-5-7-10-21)33(18-22-11-8-12-23(30)15-22)28(35)19-34(40(4,37)38)25-17-24(31)13-14-27(25)39-3/h5-15,17,20,26H,16,18-19H2,1-4H3,(H,32,36)/t26-/m1/s1. The van der Waals surface area contributed by atoms with Crippen LogP contribution in [0.5, 0.6) is 5.75 Å². The third-order valence-electron chi connectivity index (χ3n) is 6.03. The second kappa shape index (κ2) is 13.9. The van der Waals surface area contributed by atoms with Gasteiger partial charge in [-0.3, -0.25) is 13.9 Å². The number of nitrogens with one attached hydrogen (secondary N) is 1. The lowest BCUT2D eigenvalue weighted by Gasteiger charge is -2.34. The second-order valence-electron chi connectivity index (χ2n) is 9.61. The number of carbonyl (C=O) groups excluding carboxylic acids is 2. The maximum Gasteiger partial charge on any atom is 0.244 e. The van der Waals surface area contributed by atoms with Crippen molar-refractivity contribution in [2.45, 2.75) is 38.9 Å². The van der Waals surface area contributed by atoms with E-state index in [-0.39, 0.29) is 41.4 Å². The molecule has 0 bridgehead atoms. The molecule has 0 fully saturated rings. The third-order valence-corrected chi connectivity index (χ3v) is 7.63. The molecule has 0 radical (unpaired) electrons. The maximum atomic E-state index is 14.1. The number of methoxy groups -OCH3 is 1. The van der Waals surface area contributed by atoms with Crippen molar-refractivity contribution >= 4 is 50.7 Å². The minimum Gasteiger partial charge on any atom is -0.495 e. The van der Waals surface area contributed by atoms with Crippen LogP contribution >= 0.6 is 23.2 Å². The lowest BCUT2D eigenvalue weighted by molar-refractivity contribution is -0.140. The summed E-state index contributed by atoms with van der Waals surface area (Å²) in [6, 6.07) is 19.7. The molecule has 3 rings (SSSR count). The van der Waals surface area contributed by atoms with E-state index in [9.17, 15) is 18.0 Å². The lowest BCUT2D eigenvalue weighted by Crippen LogP contribution is -2.54. The molecule has 8 nitrogen and oxygen atoms in total. The SMILES string of the molecule is COc1ccc(Cl)cc1N(CC(=O)N(Cc1cccc(Cl)c1)[C@H](Cc1ccccc1)C(=O)NC(C)C)S(C)(=O)=O. The van der Waals surface area contributed by atoms with Crippen LogP contribution in [-0.2, 0) is 32.6 Å². The number of benzene rings is 3. The van der Waals surface area contributed by atoms with Gasteiger partial charge in [0.15, 0.2) is 0 Å². The molecule has 3 aromatic rings. The van der Waals surface area contributed by atoms with Gasteiger partial charge in [-0.2, -0.15) is 0 Å². The van der Waals surface area contributed by atoms with E-state index in [2.05, 4.69) is 5.32 Å². The van der Waals surface area contributed by atoms with Crippen LogP contribution in [0.25, 0.3) is 0 Å². The van der Waals surface area contributed by atoms with Gasteiger partial charge in [0.05, 0.1) is 19.1 Å². The summed E-state index contributed by atoms with van der Waals surface area (Å²) in [4.78, 5) is 29.1. The molecule has 3 aromatic carbocycles. The minimum absolute atomic E-state index is 0.0205. The monoisotopic (exact) mass is 605 g/mol. The number of amides is 2. The number of halogens is 2. The van der Waals surface area contributed by atoms with Crippen molar-refractivity contribution in [3.05, 3.63) is 94.0 Å². The first-order valence-electron chi connectivity index (χ1n) is 12.6. The Morgan fingerprint density at radius 2 is 1.57 bits per heavy atom. The van der Waals surface area contributed by atoms with Gasteiger partial charge in [-0.05, 0) is 55.3 Å². The Morgan fingerprint density at radius 3 is 2.17 bits per heavy atom. The first-order valence-corrected chi connectivity index (χ1v) is 15.2. The van der Waals surface area contributed by atoms with Gasteiger partial charge in [0.1, 0.15) is 18.3 Å². The van der Waals surface area contributed by atoms with E-state index in [1.807, 2.05) is 44.2 Å². The second-order valence-corrected chi connectivity index (χ2v) is 12.4. The average molecular weight is 607 g/mol. The predicted octanol–water partition coefficient (Wildman–Crippen LogP) is 4.93. The molecular formula is C29H33Cl2N3O5S. The summed E-state index contributed by atoms with van der Waals surface area (Å²) in [6.45, 7) is 3.10. The van der Waals surface area contributed by atoms with E-state index in [1.165, 1.54) is 24.1 Å². The van der Waals surface area contributed by atoms with Crippen LogP contribution in [0.3, 0.4) is 0 Å². The van der Waals surface area contributed by atoms with Crippen LogP contribution in [-0.4, -0.2) is 57.1 Å². The van der Waals surface area contributed by atoms with Gasteiger partial charge in [-0.15, -0.1) is 0 Å². The van der Waals surface area contributed by atoms with Gasteiger partial charge in [-0.1, -0.05) is 65.7 Å². The molecule has 1 atom stereocenters. The Morgan fingerprint density at radius 1 is 0.925 bits per heavy atom. The van der Waals surface area contributed by atoms with Crippen LogP contribution < -0.4 is 14.4 Å². The van der Waals surface area contributed by atoms with E-state index in [1.54, 1.807) is 30.3 Å². The molecule has 11 heteroatoms. The zero-order valence-corrected chi connectivity index (χ0v) is 25.1. The van der Waals surface area contributed by atoms with E-state index in [0.29, 0.717) is 10.6 Å². The molecule has 40 heavy (non-hydrogen) atoms. The van der Waals surface area contributed by atoms with Crippen LogP contribution in [0, 0.1) is 0 Å². The highest BCUT2D eigenvalue weighted by Crippen LogP contribution is 2.33. The van der Waals surface area contributed by atoms with Crippen molar-refractivity contribution in [3.8, 4) is 5.75 Å². The predicted molar refractivity (Wildman–Crippen MR) is 159 cm³/mol. The molecular weight excluding hydrogens is 573 g/mol. The van der Waals surface area contributed by atoms with Gasteiger partial charge in [0.2, 0.25) is 21.8 Å².